The van der Waals surface area contributed by atoms with Gasteiger partial charge in [-0.05, 0) is 19.6 Å². The van der Waals surface area contributed by atoms with Crippen molar-refractivity contribution in [1.29, 1.82) is 0 Å². The van der Waals surface area contributed by atoms with Crippen LogP contribution in [0.15, 0.2) is 9.98 Å². The first-order valence-corrected chi connectivity index (χ1v) is 4.82. The van der Waals surface area contributed by atoms with Crippen LogP contribution >= 0.6 is 0 Å². The molecule has 0 aromatic carbocycles. The maximum atomic E-state index is 4.16. The van der Waals surface area contributed by atoms with Crippen molar-refractivity contribution < 1.29 is 0 Å². The van der Waals surface area contributed by atoms with Crippen LogP contribution in [0, 0.1) is 5.92 Å². The zero-order valence-electron chi connectivity index (χ0n) is 7.92. The van der Waals surface area contributed by atoms with Gasteiger partial charge in [-0.3, -0.25) is 4.99 Å². The van der Waals surface area contributed by atoms with Crippen LogP contribution in [0.5, 0.6) is 0 Å². The van der Waals surface area contributed by atoms with Gasteiger partial charge in [0.05, 0.1) is 0 Å². The van der Waals surface area contributed by atoms with Gasteiger partial charge in [-0.2, -0.15) is 0 Å². The predicted molar refractivity (Wildman–Crippen MR) is 54.1 cm³/mol. The van der Waals surface area contributed by atoms with Crippen LogP contribution in [0.2, 0.25) is 0 Å². The monoisotopic (exact) mass is 166 g/mol. The minimum atomic E-state index is 0.593. The Balaban J connectivity index is 2.52. The van der Waals surface area contributed by atoms with Crippen LogP contribution in [0.1, 0.15) is 38.5 Å². The third-order valence-electron chi connectivity index (χ3n) is 2.61. The average Bonchev–Trinajstić information content (AvgIpc) is 2.35. The lowest BCUT2D eigenvalue weighted by Gasteiger charge is -2.11. The van der Waals surface area contributed by atoms with E-state index in [1.54, 1.807) is 0 Å². The van der Waals surface area contributed by atoms with E-state index >= 15 is 0 Å². The highest BCUT2D eigenvalue weighted by molar-refractivity contribution is 5.88. The van der Waals surface area contributed by atoms with Crippen molar-refractivity contribution in [3.63, 3.8) is 0 Å². The summed E-state index contributed by atoms with van der Waals surface area (Å²) < 4.78 is 0. The molecule has 1 fully saturated rings. The van der Waals surface area contributed by atoms with Crippen molar-refractivity contribution in [2.75, 3.05) is 7.05 Å². The Bertz CT molecular complexity index is 165. The van der Waals surface area contributed by atoms with Crippen molar-refractivity contribution in [3.05, 3.63) is 0 Å². The van der Waals surface area contributed by atoms with Crippen molar-refractivity contribution in [3.8, 4) is 0 Å². The summed E-state index contributed by atoms with van der Waals surface area (Å²) in [4.78, 5) is 8.13. The second kappa shape index (κ2) is 5.07. The molecule has 0 amide bonds. The van der Waals surface area contributed by atoms with Gasteiger partial charge in [0.25, 0.3) is 0 Å². The molecule has 0 bridgehead atoms. The highest BCUT2D eigenvalue weighted by Crippen LogP contribution is 2.24. The predicted octanol–water partition coefficient (Wildman–Crippen LogP) is 2.69. The normalized spacial score (nSPS) is 21.9. The maximum absolute atomic E-state index is 4.16. The molecule has 0 spiro atoms. The Hall–Kier alpha value is -0.660. The molecule has 0 aliphatic heterocycles. The first-order valence-electron chi connectivity index (χ1n) is 4.82. The third-order valence-corrected chi connectivity index (χ3v) is 2.61. The number of rotatable bonds is 1. The van der Waals surface area contributed by atoms with Crippen LogP contribution in [-0.2, 0) is 0 Å². The van der Waals surface area contributed by atoms with Crippen LogP contribution in [0.4, 0.5) is 0 Å². The molecule has 0 saturated heterocycles. The van der Waals surface area contributed by atoms with Gasteiger partial charge in [-0.25, -0.2) is 4.99 Å². The third kappa shape index (κ3) is 2.43. The molecule has 1 saturated carbocycles. The quantitative estimate of drug-likeness (QED) is 0.325. The van der Waals surface area contributed by atoms with E-state index in [0.29, 0.717) is 5.92 Å². The number of nitrogens with zero attached hydrogens (tertiary/aromatic N) is 2. The lowest BCUT2D eigenvalue weighted by Crippen LogP contribution is -2.10. The molecule has 1 rings (SSSR count). The molecule has 68 valence electrons. The summed E-state index contributed by atoms with van der Waals surface area (Å²) in [5.74, 6) is 1.56. The van der Waals surface area contributed by atoms with Crippen LogP contribution in [0.3, 0.4) is 0 Å². The molecule has 0 radical (unpaired) electrons. The van der Waals surface area contributed by atoms with Crippen LogP contribution < -0.4 is 0 Å². The summed E-state index contributed by atoms with van der Waals surface area (Å²) in [6.07, 6.45) is 7.94. The lowest BCUT2D eigenvalue weighted by atomic mass is 9.99. The topological polar surface area (TPSA) is 24.7 Å². The molecule has 0 N–H and O–H groups in total. The van der Waals surface area contributed by atoms with E-state index in [-0.39, 0.29) is 0 Å². The molecule has 0 heterocycles. The zero-order chi connectivity index (χ0) is 8.81. The number of hydrogen-bond donors (Lipinski definition) is 0. The van der Waals surface area contributed by atoms with Gasteiger partial charge in [0.2, 0.25) is 0 Å². The van der Waals surface area contributed by atoms with E-state index in [9.17, 15) is 0 Å². The smallest absolute Gasteiger partial charge is 0.125 e. The minimum Gasteiger partial charge on any atom is -0.274 e. The molecule has 1 aliphatic carbocycles. The maximum Gasteiger partial charge on any atom is 0.125 e. The second-order valence-corrected chi connectivity index (χ2v) is 3.43. The van der Waals surface area contributed by atoms with Crippen molar-refractivity contribution >= 4 is 12.6 Å². The van der Waals surface area contributed by atoms with Gasteiger partial charge in [-0.15, -0.1) is 0 Å². The summed E-state index contributed by atoms with van der Waals surface area (Å²) in [6, 6.07) is 0. The van der Waals surface area contributed by atoms with Crippen molar-refractivity contribution in [2.24, 2.45) is 15.9 Å². The van der Waals surface area contributed by atoms with Crippen LogP contribution in [0.25, 0.3) is 0 Å². The van der Waals surface area contributed by atoms with E-state index in [4.69, 9.17) is 0 Å². The lowest BCUT2D eigenvalue weighted by molar-refractivity contribution is 0.587. The molecule has 0 aromatic heterocycles. The average molecular weight is 166 g/mol. The van der Waals surface area contributed by atoms with E-state index in [2.05, 4.69) is 16.7 Å². The van der Waals surface area contributed by atoms with E-state index < -0.39 is 0 Å². The first kappa shape index (κ1) is 9.43. The summed E-state index contributed by atoms with van der Waals surface area (Å²) in [5.41, 5.74) is 0. The molecule has 2 heteroatoms. The molecule has 1 aliphatic rings. The fourth-order valence-corrected chi connectivity index (χ4v) is 1.92. The highest BCUT2D eigenvalue weighted by Gasteiger charge is 2.16. The Morgan fingerprint density at radius 2 is 1.75 bits per heavy atom. The fourth-order valence-electron chi connectivity index (χ4n) is 1.92. The number of amidine groups is 1. The summed E-state index contributed by atoms with van der Waals surface area (Å²) in [6.45, 7) is 3.56. The van der Waals surface area contributed by atoms with Gasteiger partial charge in [0, 0.05) is 13.0 Å². The summed E-state index contributed by atoms with van der Waals surface area (Å²) in [7, 11) is 1.81. The molecular weight excluding hydrogens is 148 g/mol. The van der Waals surface area contributed by atoms with Crippen molar-refractivity contribution in [1.82, 2.24) is 0 Å². The van der Waals surface area contributed by atoms with Gasteiger partial charge in [0.1, 0.15) is 5.84 Å². The molecule has 0 aromatic rings. The molecular formula is C10H18N2. The SMILES string of the molecule is C=NC(=NC)C1CCCCCC1. The molecule has 0 atom stereocenters. The number of aliphatic imine (C=N–C) groups is 2. The number of hydrogen-bond acceptors (Lipinski definition) is 1. The van der Waals surface area contributed by atoms with E-state index in [1.807, 2.05) is 7.05 Å². The summed E-state index contributed by atoms with van der Waals surface area (Å²) in [5, 5.41) is 0. The first-order chi connectivity index (χ1) is 5.88. The minimum absolute atomic E-state index is 0.593. The Kier molecular flexibility index (Phi) is 3.98. The van der Waals surface area contributed by atoms with Crippen LogP contribution in [-0.4, -0.2) is 19.6 Å². The largest absolute Gasteiger partial charge is 0.274 e. The fraction of sp³-hybridized carbons (Fsp3) is 0.800. The molecule has 0 unspecified atom stereocenters. The Morgan fingerprint density at radius 1 is 1.17 bits per heavy atom. The van der Waals surface area contributed by atoms with E-state index in [1.165, 1.54) is 38.5 Å². The molecule has 12 heavy (non-hydrogen) atoms. The van der Waals surface area contributed by atoms with Crippen molar-refractivity contribution in [2.45, 2.75) is 38.5 Å². The Morgan fingerprint density at radius 3 is 2.17 bits per heavy atom. The molecule has 2 nitrogen and oxygen atoms in total. The van der Waals surface area contributed by atoms with Gasteiger partial charge < -0.3 is 0 Å². The standard InChI is InChI=1S/C10H18N2/c1-11-10(12-2)9-7-5-3-4-6-8-9/h9H,1,3-8H2,2H3. The zero-order valence-corrected chi connectivity index (χ0v) is 7.92. The van der Waals surface area contributed by atoms with Gasteiger partial charge in [0.15, 0.2) is 0 Å². The van der Waals surface area contributed by atoms with E-state index in [0.717, 1.165) is 5.84 Å². The second-order valence-electron chi connectivity index (χ2n) is 3.43. The van der Waals surface area contributed by atoms with Gasteiger partial charge in [-0.1, -0.05) is 25.7 Å². The van der Waals surface area contributed by atoms with Gasteiger partial charge >= 0.3 is 0 Å². The Labute approximate surface area is 74.8 Å². The highest BCUT2D eigenvalue weighted by atomic mass is 14.9. The summed E-state index contributed by atoms with van der Waals surface area (Å²) >= 11 is 0.